The lowest BCUT2D eigenvalue weighted by Gasteiger charge is -2.10. The summed E-state index contributed by atoms with van der Waals surface area (Å²) in [5.41, 5.74) is 1.87. The van der Waals surface area contributed by atoms with Crippen molar-refractivity contribution in [2.75, 3.05) is 6.61 Å². The first-order valence-corrected chi connectivity index (χ1v) is 5.95. The van der Waals surface area contributed by atoms with Crippen molar-refractivity contribution in [3.63, 3.8) is 0 Å². The summed E-state index contributed by atoms with van der Waals surface area (Å²) in [6.45, 7) is 4.18. The predicted octanol–water partition coefficient (Wildman–Crippen LogP) is 2.82. The molecule has 0 spiro atoms. The zero-order chi connectivity index (χ0) is 13.4. The molecule has 0 heterocycles. The van der Waals surface area contributed by atoms with Crippen LogP contribution in [0.5, 0.6) is 0 Å². The minimum absolute atomic E-state index is 0.0212. The Balaban J connectivity index is 2.30. The summed E-state index contributed by atoms with van der Waals surface area (Å²) in [5, 5.41) is 9.81. The molecule has 0 amide bonds. The molecule has 0 aromatic heterocycles. The van der Waals surface area contributed by atoms with Gasteiger partial charge in [0, 0.05) is 6.42 Å². The maximum absolute atomic E-state index is 11.4. The SMILES string of the molecule is CC(C)=C[CH]COC(=O)CC(O)c1ccccc1. The van der Waals surface area contributed by atoms with E-state index >= 15 is 0 Å². The third-order valence-electron chi connectivity index (χ3n) is 2.34. The zero-order valence-corrected chi connectivity index (χ0v) is 10.8. The van der Waals surface area contributed by atoms with E-state index in [1.54, 1.807) is 18.6 Å². The molecule has 18 heavy (non-hydrogen) atoms. The number of aliphatic hydroxyl groups is 1. The van der Waals surface area contributed by atoms with Gasteiger partial charge in [-0.1, -0.05) is 42.0 Å². The maximum Gasteiger partial charge on any atom is 0.308 e. The fourth-order valence-electron chi connectivity index (χ4n) is 1.43. The minimum Gasteiger partial charge on any atom is -0.465 e. The maximum atomic E-state index is 11.4. The highest BCUT2D eigenvalue weighted by Crippen LogP contribution is 2.16. The van der Waals surface area contributed by atoms with Crippen molar-refractivity contribution in [1.29, 1.82) is 0 Å². The molecule has 0 fully saturated rings. The van der Waals surface area contributed by atoms with E-state index in [9.17, 15) is 9.90 Å². The van der Waals surface area contributed by atoms with E-state index in [0.29, 0.717) is 0 Å². The highest BCUT2D eigenvalue weighted by atomic mass is 16.5. The minimum atomic E-state index is -0.804. The Morgan fingerprint density at radius 1 is 1.33 bits per heavy atom. The Morgan fingerprint density at radius 2 is 2.00 bits per heavy atom. The van der Waals surface area contributed by atoms with Crippen LogP contribution in [0.1, 0.15) is 31.9 Å². The fraction of sp³-hybridized carbons (Fsp3) is 0.333. The first-order chi connectivity index (χ1) is 8.59. The summed E-state index contributed by atoms with van der Waals surface area (Å²) in [4.78, 5) is 11.4. The standard InChI is InChI=1S/C15H19O3/c1-12(2)7-6-10-18-15(17)11-14(16)13-8-4-3-5-9-13/h3-9,14,16H,10-11H2,1-2H3. The van der Waals surface area contributed by atoms with Crippen LogP contribution in [0.15, 0.2) is 42.0 Å². The third-order valence-corrected chi connectivity index (χ3v) is 2.34. The summed E-state index contributed by atoms with van der Waals surface area (Å²) < 4.78 is 4.99. The number of hydrogen-bond donors (Lipinski definition) is 1. The Hall–Kier alpha value is -1.61. The molecule has 0 aliphatic heterocycles. The Kier molecular flexibility index (Phi) is 6.15. The van der Waals surface area contributed by atoms with Crippen LogP contribution in [0.2, 0.25) is 0 Å². The number of carbonyl (C=O) groups is 1. The van der Waals surface area contributed by atoms with Gasteiger partial charge in [0.2, 0.25) is 0 Å². The Labute approximate surface area is 108 Å². The van der Waals surface area contributed by atoms with Crippen LogP contribution in [0.3, 0.4) is 0 Å². The van der Waals surface area contributed by atoms with Crippen LogP contribution < -0.4 is 0 Å². The van der Waals surface area contributed by atoms with Gasteiger partial charge in [-0.15, -0.1) is 0 Å². The molecule has 0 aliphatic rings. The first-order valence-electron chi connectivity index (χ1n) is 5.95. The van der Waals surface area contributed by atoms with E-state index in [1.165, 1.54) is 0 Å². The van der Waals surface area contributed by atoms with Crippen LogP contribution in [-0.4, -0.2) is 17.7 Å². The first kappa shape index (κ1) is 14.5. The van der Waals surface area contributed by atoms with Gasteiger partial charge in [-0.25, -0.2) is 0 Å². The van der Waals surface area contributed by atoms with Crippen molar-refractivity contribution in [2.24, 2.45) is 0 Å². The lowest BCUT2D eigenvalue weighted by atomic mass is 10.1. The number of esters is 1. The topological polar surface area (TPSA) is 46.5 Å². The lowest BCUT2D eigenvalue weighted by Crippen LogP contribution is -2.11. The van der Waals surface area contributed by atoms with Crippen molar-refractivity contribution < 1.29 is 14.6 Å². The van der Waals surface area contributed by atoms with Gasteiger partial charge < -0.3 is 9.84 Å². The number of hydrogen-bond acceptors (Lipinski definition) is 3. The number of aliphatic hydroxyl groups excluding tert-OH is 1. The monoisotopic (exact) mass is 247 g/mol. The number of benzene rings is 1. The second-order valence-electron chi connectivity index (χ2n) is 4.29. The molecule has 3 nitrogen and oxygen atoms in total. The van der Waals surface area contributed by atoms with Gasteiger partial charge in [0.05, 0.1) is 19.1 Å². The molecular formula is C15H19O3. The molecule has 1 radical (unpaired) electrons. The molecular weight excluding hydrogens is 228 g/mol. The molecule has 1 atom stereocenters. The summed E-state index contributed by atoms with van der Waals surface area (Å²) in [7, 11) is 0. The van der Waals surface area contributed by atoms with E-state index in [-0.39, 0.29) is 13.0 Å². The smallest absolute Gasteiger partial charge is 0.308 e. The molecule has 1 aromatic rings. The molecule has 0 bridgehead atoms. The lowest BCUT2D eigenvalue weighted by molar-refractivity contribution is -0.145. The van der Waals surface area contributed by atoms with Crippen LogP contribution in [-0.2, 0) is 9.53 Å². The number of ether oxygens (including phenoxy) is 1. The average molecular weight is 247 g/mol. The fourth-order valence-corrected chi connectivity index (χ4v) is 1.43. The van der Waals surface area contributed by atoms with Crippen LogP contribution in [0.25, 0.3) is 0 Å². The van der Waals surface area contributed by atoms with Crippen molar-refractivity contribution in [1.82, 2.24) is 0 Å². The van der Waals surface area contributed by atoms with Gasteiger partial charge >= 0.3 is 5.97 Å². The van der Waals surface area contributed by atoms with E-state index in [2.05, 4.69) is 0 Å². The van der Waals surface area contributed by atoms with Crippen LogP contribution >= 0.6 is 0 Å². The number of carbonyl (C=O) groups excluding carboxylic acids is 1. The Morgan fingerprint density at radius 3 is 2.61 bits per heavy atom. The quantitative estimate of drug-likeness (QED) is 0.621. The summed E-state index contributed by atoms with van der Waals surface area (Å²) in [6, 6.07) is 9.09. The van der Waals surface area contributed by atoms with E-state index < -0.39 is 12.1 Å². The average Bonchev–Trinajstić information content (AvgIpc) is 2.35. The molecule has 3 heteroatoms. The van der Waals surface area contributed by atoms with Crippen LogP contribution in [0.4, 0.5) is 0 Å². The molecule has 1 aromatic carbocycles. The predicted molar refractivity (Wildman–Crippen MR) is 70.7 cm³/mol. The highest BCUT2D eigenvalue weighted by molar-refractivity contribution is 5.70. The molecule has 97 valence electrons. The molecule has 1 rings (SSSR count). The molecule has 0 saturated carbocycles. The van der Waals surface area contributed by atoms with Gasteiger partial charge in [-0.3, -0.25) is 4.79 Å². The summed E-state index contributed by atoms with van der Waals surface area (Å²) >= 11 is 0. The van der Waals surface area contributed by atoms with Crippen molar-refractivity contribution in [3.05, 3.63) is 54.0 Å². The van der Waals surface area contributed by atoms with Gasteiger partial charge in [-0.2, -0.15) is 0 Å². The van der Waals surface area contributed by atoms with Crippen molar-refractivity contribution in [2.45, 2.75) is 26.4 Å². The normalized spacial score (nSPS) is 11.7. The van der Waals surface area contributed by atoms with E-state index in [0.717, 1.165) is 11.1 Å². The zero-order valence-electron chi connectivity index (χ0n) is 10.8. The molecule has 1 unspecified atom stereocenters. The van der Waals surface area contributed by atoms with E-state index in [4.69, 9.17) is 4.74 Å². The van der Waals surface area contributed by atoms with Gasteiger partial charge in [0.15, 0.2) is 0 Å². The molecule has 0 saturated heterocycles. The molecule has 1 N–H and O–H groups in total. The number of rotatable bonds is 6. The van der Waals surface area contributed by atoms with Crippen molar-refractivity contribution >= 4 is 5.97 Å². The third kappa shape index (κ3) is 5.64. The van der Waals surface area contributed by atoms with Gasteiger partial charge in [0.25, 0.3) is 0 Å². The number of allylic oxidation sites excluding steroid dienone is 1. The second kappa shape index (κ2) is 7.67. The van der Waals surface area contributed by atoms with Crippen molar-refractivity contribution in [3.8, 4) is 0 Å². The van der Waals surface area contributed by atoms with E-state index in [1.807, 2.05) is 38.1 Å². The Bertz CT molecular complexity index is 391. The van der Waals surface area contributed by atoms with Gasteiger partial charge in [0.1, 0.15) is 0 Å². The van der Waals surface area contributed by atoms with Gasteiger partial charge in [-0.05, 0) is 19.4 Å². The van der Waals surface area contributed by atoms with Crippen LogP contribution in [0, 0.1) is 6.42 Å². The summed E-state index contributed by atoms with van der Waals surface area (Å²) in [6.07, 6.45) is 2.84. The largest absolute Gasteiger partial charge is 0.465 e. The summed E-state index contributed by atoms with van der Waals surface area (Å²) in [5.74, 6) is -0.398. The second-order valence-corrected chi connectivity index (χ2v) is 4.29. The highest BCUT2D eigenvalue weighted by Gasteiger charge is 2.13. The molecule has 0 aliphatic carbocycles.